The molecule has 5 N–H and O–H groups in total. The molecule has 5 heteroatoms. The third-order valence-corrected chi connectivity index (χ3v) is 3.90. The fourth-order valence-corrected chi connectivity index (χ4v) is 2.99. The van der Waals surface area contributed by atoms with E-state index in [4.69, 9.17) is 11.5 Å². The lowest BCUT2D eigenvalue weighted by molar-refractivity contribution is 0.0698. The first-order valence-electron chi connectivity index (χ1n) is 7.27. The Morgan fingerprint density at radius 1 is 1.24 bits per heavy atom. The van der Waals surface area contributed by atoms with Crippen LogP contribution in [0.4, 0.5) is 0 Å². The van der Waals surface area contributed by atoms with Gasteiger partial charge in [-0.1, -0.05) is 0 Å². The van der Waals surface area contributed by atoms with Crippen molar-refractivity contribution in [2.45, 2.75) is 33.2 Å². The van der Waals surface area contributed by atoms with Gasteiger partial charge < -0.3 is 21.1 Å². The standard InChI is InChI=1S/C16H23N3O2/c1-10-8-13-12(4-3-5-17)11(2)19(7-6-18)15(13)14(9-10)16(20)21/h8-9H,3-7,17-18H2,1-2H3,(H,20,21). The summed E-state index contributed by atoms with van der Waals surface area (Å²) in [6, 6.07) is 3.79. The molecular weight excluding hydrogens is 266 g/mol. The highest BCUT2D eigenvalue weighted by molar-refractivity contribution is 6.04. The van der Waals surface area contributed by atoms with E-state index in [1.807, 2.05) is 18.4 Å². The molecule has 0 aliphatic carbocycles. The molecule has 0 unspecified atom stereocenters. The molecule has 0 spiro atoms. The van der Waals surface area contributed by atoms with E-state index in [1.54, 1.807) is 6.07 Å². The number of aromatic carboxylic acids is 1. The van der Waals surface area contributed by atoms with Crippen LogP contribution in [0.3, 0.4) is 0 Å². The average Bonchev–Trinajstić information content (AvgIpc) is 2.69. The maximum atomic E-state index is 11.6. The molecule has 5 nitrogen and oxygen atoms in total. The van der Waals surface area contributed by atoms with Crippen molar-refractivity contribution in [1.82, 2.24) is 4.57 Å². The fraction of sp³-hybridized carbons (Fsp3) is 0.438. The van der Waals surface area contributed by atoms with E-state index in [9.17, 15) is 9.90 Å². The Bertz CT molecular complexity index is 674. The molecule has 1 heterocycles. The summed E-state index contributed by atoms with van der Waals surface area (Å²) in [6.45, 7) is 5.68. The maximum Gasteiger partial charge on any atom is 0.337 e. The zero-order chi connectivity index (χ0) is 15.6. The molecule has 1 aromatic heterocycles. The second kappa shape index (κ2) is 6.28. The smallest absolute Gasteiger partial charge is 0.337 e. The molecule has 0 fully saturated rings. The van der Waals surface area contributed by atoms with Crippen LogP contribution >= 0.6 is 0 Å². The van der Waals surface area contributed by atoms with Crippen molar-refractivity contribution in [3.05, 3.63) is 34.5 Å². The zero-order valence-corrected chi connectivity index (χ0v) is 12.6. The average molecular weight is 289 g/mol. The summed E-state index contributed by atoms with van der Waals surface area (Å²) in [7, 11) is 0. The van der Waals surface area contributed by atoms with Crippen LogP contribution in [0.25, 0.3) is 10.9 Å². The van der Waals surface area contributed by atoms with Gasteiger partial charge in [-0.15, -0.1) is 0 Å². The van der Waals surface area contributed by atoms with Crippen LogP contribution in [0.1, 0.15) is 33.6 Å². The van der Waals surface area contributed by atoms with Crippen molar-refractivity contribution in [3.63, 3.8) is 0 Å². The first-order chi connectivity index (χ1) is 10.0. The molecule has 0 aliphatic rings. The lowest BCUT2D eigenvalue weighted by Gasteiger charge is -2.09. The van der Waals surface area contributed by atoms with E-state index < -0.39 is 5.97 Å². The van der Waals surface area contributed by atoms with Crippen LogP contribution in [0.5, 0.6) is 0 Å². The van der Waals surface area contributed by atoms with Crippen LogP contribution < -0.4 is 11.5 Å². The summed E-state index contributed by atoms with van der Waals surface area (Å²) in [5.74, 6) is -0.898. The van der Waals surface area contributed by atoms with Gasteiger partial charge in [-0.3, -0.25) is 0 Å². The largest absolute Gasteiger partial charge is 0.478 e. The Hall–Kier alpha value is -1.85. The minimum absolute atomic E-state index is 0.348. The number of aromatic nitrogens is 1. The molecule has 0 amide bonds. The lowest BCUT2D eigenvalue weighted by atomic mass is 10.0. The topological polar surface area (TPSA) is 94.3 Å². The summed E-state index contributed by atoms with van der Waals surface area (Å²) in [5, 5.41) is 10.5. The molecule has 0 atom stereocenters. The number of nitrogens with two attached hydrogens (primary N) is 2. The van der Waals surface area contributed by atoms with Gasteiger partial charge in [-0.25, -0.2) is 4.79 Å². The van der Waals surface area contributed by atoms with E-state index in [2.05, 4.69) is 6.07 Å². The highest BCUT2D eigenvalue weighted by Gasteiger charge is 2.19. The minimum atomic E-state index is -0.898. The zero-order valence-electron chi connectivity index (χ0n) is 12.6. The molecule has 0 bridgehead atoms. The molecule has 1 aromatic carbocycles. The number of hydrogen-bond donors (Lipinski definition) is 3. The second-order valence-electron chi connectivity index (χ2n) is 5.41. The summed E-state index contributed by atoms with van der Waals surface area (Å²) >= 11 is 0. The number of fused-ring (bicyclic) bond motifs is 1. The van der Waals surface area contributed by atoms with Gasteiger partial charge in [-0.2, -0.15) is 0 Å². The van der Waals surface area contributed by atoms with Crippen molar-refractivity contribution >= 4 is 16.9 Å². The van der Waals surface area contributed by atoms with Crippen LogP contribution in [-0.4, -0.2) is 28.7 Å². The normalized spacial score (nSPS) is 11.2. The molecule has 2 rings (SSSR count). The van der Waals surface area contributed by atoms with Gasteiger partial charge in [0.1, 0.15) is 0 Å². The van der Waals surface area contributed by atoms with Gasteiger partial charge in [0, 0.05) is 24.2 Å². The second-order valence-corrected chi connectivity index (χ2v) is 5.41. The molecule has 2 aromatic rings. The summed E-state index contributed by atoms with van der Waals surface area (Å²) in [6.07, 6.45) is 1.75. The van der Waals surface area contributed by atoms with Crippen LogP contribution in [0.2, 0.25) is 0 Å². The Morgan fingerprint density at radius 2 is 1.95 bits per heavy atom. The minimum Gasteiger partial charge on any atom is -0.478 e. The van der Waals surface area contributed by atoms with E-state index in [-0.39, 0.29) is 0 Å². The van der Waals surface area contributed by atoms with Gasteiger partial charge in [0.2, 0.25) is 0 Å². The lowest BCUT2D eigenvalue weighted by Crippen LogP contribution is -2.13. The highest BCUT2D eigenvalue weighted by Crippen LogP contribution is 2.31. The van der Waals surface area contributed by atoms with E-state index >= 15 is 0 Å². The summed E-state index contributed by atoms with van der Waals surface area (Å²) in [4.78, 5) is 11.6. The number of nitrogens with zero attached hydrogens (tertiary/aromatic N) is 1. The van der Waals surface area contributed by atoms with Crippen molar-refractivity contribution in [2.75, 3.05) is 13.1 Å². The summed E-state index contributed by atoms with van der Waals surface area (Å²) < 4.78 is 2.03. The first-order valence-corrected chi connectivity index (χ1v) is 7.27. The Balaban J connectivity index is 2.79. The number of carboxylic acid groups (broad SMARTS) is 1. The van der Waals surface area contributed by atoms with Crippen LogP contribution in [0.15, 0.2) is 12.1 Å². The number of benzene rings is 1. The van der Waals surface area contributed by atoms with E-state index in [1.165, 1.54) is 5.56 Å². The molecule has 0 saturated carbocycles. The molecule has 114 valence electrons. The Kier molecular flexibility index (Phi) is 4.65. The molecular formula is C16H23N3O2. The molecule has 0 saturated heterocycles. The van der Waals surface area contributed by atoms with Gasteiger partial charge in [0.15, 0.2) is 0 Å². The van der Waals surface area contributed by atoms with Gasteiger partial charge >= 0.3 is 5.97 Å². The van der Waals surface area contributed by atoms with E-state index in [0.717, 1.165) is 35.0 Å². The van der Waals surface area contributed by atoms with Crippen LogP contribution in [-0.2, 0) is 13.0 Å². The SMILES string of the molecule is Cc1cc(C(=O)O)c2c(c1)c(CCCN)c(C)n2CCN. The predicted molar refractivity (Wildman–Crippen MR) is 84.8 cm³/mol. The number of hydrogen-bond acceptors (Lipinski definition) is 3. The van der Waals surface area contributed by atoms with Gasteiger partial charge in [0.25, 0.3) is 0 Å². The quantitative estimate of drug-likeness (QED) is 0.756. The number of carbonyl (C=O) groups is 1. The number of rotatable bonds is 6. The molecule has 21 heavy (non-hydrogen) atoms. The monoisotopic (exact) mass is 289 g/mol. The van der Waals surface area contributed by atoms with Gasteiger partial charge in [-0.05, 0) is 56.5 Å². The highest BCUT2D eigenvalue weighted by atomic mass is 16.4. The Labute approximate surface area is 124 Å². The van der Waals surface area contributed by atoms with Crippen molar-refractivity contribution < 1.29 is 9.90 Å². The maximum absolute atomic E-state index is 11.6. The third-order valence-electron chi connectivity index (χ3n) is 3.90. The third kappa shape index (κ3) is 2.80. The van der Waals surface area contributed by atoms with E-state index in [0.29, 0.717) is 25.2 Å². The fourth-order valence-electron chi connectivity index (χ4n) is 2.99. The number of carboxylic acids is 1. The Morgan fingerprint density at radius 3 is 2.52 bits per heavy atom. The van der Waals surface area contributed by atoms with Crippen LogP contribution in [0, 0.1) is 13.8 Å². The molecule has 0 aliphatic heterocycles. The van der Waals surface area contributed by atoms with Crippen molar-refractivity contribution in [2.24, 2.45) is 11.5 Å². The predicted octanol–water partition coefficient (Wildman–Crippen LogP) is 1.81. The first kappa shape index (κ1) is 15.5. The molecule has 0 radical (unpaired) electrons. The summed E-state index contributed by atoms with van der Waals surface area (Å²) in [5.41, 5.74) is 15.7. The number of aryl methyl sites for hydroxylation is 2. The van der Waals surface area contributed by atoms with Crippen molar-refractivity contribution in [3.8, 4) is 0 Å². The van der Waals surface area contributed by atoms with Crippen molar-refractivity contribution in [1.29, 1.82) is 0 Å². The van der Waals surface area contributed by atoms with Gasteiger partial charge in [0.05, 0.1) is 11.1 Å².